The fourth-order valence-corrected chi connectivity index (χ4v) is 3.14. The molecule has 1 fully saturated rings. The van der Waals surface area contributed by atoms with E-state index < -0.39 is 26.6 Å². The van der Waals surface area contributed by atoms with Gasteiger partial charge in [-0.2, -0.15) is 13.2 Å². The topological polar surface area (TPSA) is 43.4 Å². The molecule has 1 saturated heterocycles. The van der Waals surface area contributed by atoms with E-state index in [-0.39, 0.29) is 12.5 Å². The SMILES string of the molecule is CC1CCC(C(C(F)(F)F)S(=O)(=O)Cl)O1. The average Bonchev–Trinajstić information content (AvgIpc) is 2.28. The number of halogens is 4. The summed E-state index contributed by atoms with van der Waals surface area (Å²) in [4.78, 5) is 0. The van der Waals surface area contributed by atoms with Crippen molar-refractivity contribution in [2.24, 2.45) is 0 Å². The molecule has 1 aliphatic heterocycles. The molecule has 15 heavy (non-hydrogen) atoms. The van der Waals surface area contributed by atoms with Gasteiger partial charge < -0.3 is 4.74 Å². The maximum atomic E-state index is 12.5. The van der Waals surface area contributed by atoms with Crippen LogP contribution in [-0.2, 0) is 13.8 Å². The Kier molecular flexibility index (Phi) is 3.57. The van der Waals surface area contributed by atoms with E-state index in [0.29, 0.717) is 6.42 Å². The third-order valence-electron chi connectivity index (χ3n) is 2.23. The molecular formula is C7H10ClF3O3S. The van der Waals surface area contributed by atoms with Crippen molar-refractivity contribution >= 4 is 19.7 Å². The van der Waals surface area contributed by atoms with Gasteiger partial charge >= 0.3 is 6.18 Å². The number of hydrogen-bond donors (Lipinski definition) is 0. The lowest BCUT2D eigenvalue weighted by Gasteiger charge is -2.22. The molecule has 90 valence electrons. The fraction of sp³-hybridized carbons (Fsp3) is 1.00. The van der Waals surface area contributed by atoms with E-state index in [0.717, 1.165) is 0 Å². The second-order valence-corrected chi connectivity index (χ2v) is 6.25. The van der Waals surface area contributed by atoms with Crippen molar-refractivity contribution in [2.45, 2.75) is 43.4 Å². The molecule has 3 nitrogen and oxygen atoms in total. The predicted molar refractivity (Wildman–Crippen MR) is 48.2 cm³/mol. The standard InChI is InChI=1S/C7H10ClF3O3S/c1-4-2-3-5(14-4)6(7(9,10)11)15(8,12)13/h4-6H,2-3H2,1H3. The minimum atomic E-state index is -4.89. The lowest BCUT2D eigenvalue weighted by atomic mass is 10.1. The Balaban J connectivity index is 2.93. The van der Waals surface area contributed by atoms with Crippen molar-refractivity contribution in [3.05, 3.63) is 0 Å². The third kappa shape index (κ3) is 3.22. The normalized spacial score (nSPS) is 30.5. The first-order chi connectivity index (χ1) is 6.62. The lowest BCUT2D eigenvalue weighted by molar-refractivity contribution is -0.152. The summed E-state index contributed by atoms with van der Waals surface area (Å²) in [6.07, 6.45) is -6.18. The Morgan fingerprint density at radius 2 is 1.93 bits per heavy atom. The van der Waals surface area contributed by atoms with Crippen molar-refractivity contribution in [3.63, 3.8) is 0 Å². The van der Waals surface area contributed by atoms with Gasteiger partial charge in [0.2, 0.25) is 9.05 Å². The Morgan fingerprint density at radius 3 is 2.20 bits per heavy atom. The minimum Gasteiger partial charge on any atom is -0.374 e. The van der Waals surface area contributed by atoms with Gasteiger partial charge in [0, 0.05) is 10.7 Å². The number of hydrogen-bond acceptors (Lipinski definition) is 3. The number of rotatable bonds is 2. The second-order valence-electron chi connectivity index (χ2n) is 3.50. The van der Waals surface area contributed by atoms with Crippen LogP contribution < -0.4 is 0 Å². The first-order valence-corrected chi connectivity index (χ1v) is 6.65. The predicted octanol–water partition coefficient (Wildman–Crippen LogP) is 2.05. The van der Waals surface area contributed by atoms with Crippen LogP contribution >= 0.6 is 10.7 Å². The van der Waals surface area contributed by atoms with E-state index in [4.69, 9.17) is 15.4 Å². The smallest absolute Gasteiger partial charge is 0.374 e. The molecule has 3 unspecified atom stereocenters. The van der Waals surface area contributed by atoms with Crippen molar-refractivity contribution in [1.29, 1.82) is 0 Å². The first kappa shape index (κ1) is 13.1. The highest BCUT2D eigenvalue weighted by Crippen LogP contribution is 2.36. The first-order valence-electron chi connectivity index (χ1n) is 4.28. The van der Waals surface area contributed by atoms with E-state index >= 15 is 0 Å². The zero-order valence-corrected chi connectivity index (χ0v) is 9.36. The quantitative estimate of drug-likeness (QED) is 0.719. The second kappa shape index (κ2) is 4.10. The van der Waals surface area contributed by atoms with Crippen LogP contribution in [0.2, 0.25) is 0 Å². The van der Waals surface area contributed by atoms with Crippen LogP contribution in [-0.4, -0.2) is 32.1 Å². The molecule has 8 heteroatoms. The molecule has 0 N–H and O–H groups in total. The Hall–Kier alpha value is -0.0100. The maximum absolute atomic E-state index is 12.5. The molecular weight excluding hydrogens is 257 g/mol. The van der Waals surface area contributed by atoms with Gasteiger partial charge in [0.25, 0.3) is 0 Å². The summed E-state index contributed by atoms with van der Waals surface area (Å²) < 4.78 is 63.9. The lowest BCUT2D eigenvalue weighted by Crippen LogP contribution is -2.43. The minimum absolute atomic E-state index is 0.0529. The summed E-state index contributed by atoms with van der Waals surface area (Å²) in [6.45, 7) is 1.59. The van der Waals surface area contributed by atoms with E-state index in [1.165, 1.54) is 0 Å². The van der Waals surface area contributed by atoms with E-state index in [2.05, 4.69) is 0 Å². The highest BCUT2D eigenvalue weighted by Gasteiger charge is 2.54. The molecule has 0 aromatic rings. The molecule has 1 heterocycles. The van der Waals surface area contributed by atoms with Crippen LogP contribution in [0, 0.1) is 0 Å². The van der Waals surface area contributed by atoms with E-state index in [1.807, 2.05) is 0 Å². The van der Waals surface area contributed by atoms with Gasteiger partial charge in [-0.1, -0.05) is 0 Å². The summed E-state index contributed by atoms with van der Waals surface area (Å²) in [5, 5.41) is -2.63. The molecule has 1 rings (SSSR count). The van der Waals surface area contributed by atoms with Gasteiger partial charge in [-0.15, -0.1) is 0 Å². The summed E-state index contributed by atoms with van der Waals surface area (Å²) in [5.41, 5.74) is 0. The Bertz CT molecular complexity index is 327. The van der Waals surface area contributed by atoms with Crippen molar-refractivity contribution in [3.8, 4) is 0 Å². The van der Waals surface area contributed by atoms with Crippen molar-refractivity contribution < 1.29 is 26.3 Å². The van der Waals surface area contributed by atoms with Crippen LogP contribution in [0.25, 0.3) is 0 Å². The molecule has 3 atom stereocenters. The van der Waals surface area contributed by atoms with Crippen molar-refractivity contribution in [1.82, 2.24) is 0 Å². The fourth-order valence-electron chi connectivity index (χ4n) is 1.61. The maximum Gasteiger partial charge on any atom is 0.409 e. The molecule has 0 saturated carbocycles. The monoisotopic (exact) mass is 266 g/mol. The van der Waals surface area contributed by atoms with Gasteiger partial charge in [-0.05, 0) is 19.8 Å². The summed E-state index contributed by atoms with van der Waals surface area (Å²) in [5.74, 6) is 0. The number of ether oxygens (including phenoxy) is 1. The van der Waals surface area contributed by atoms with Crippen LogP contribution in [0.15, 0.2) is 0 Å². The molecule has 0 radical (unpaired) electrons. The van der Waals surface area contributed by atoms with E-state index in [9.17, 15) is 21.6 Å². The Labute approximate surface area is 90.0 Å². The van der Waals surface area contributed by atoms with Gasteiger partial charge in [0.05, 0.1) is 12.2 Å². The molecule has 0 aromatic carbocycles. The summed E-state index contributed by atoms with van der Waals surface area (Å²) >= 11 is 0. The molecule has 0 aliphatic carbocycles. The van der Waals surface area contributed by atoms with Crippen LogP contribution in [0.1, 0.15) is 19.8 Å². The van der Waals surface area contributed by atoms with Gasteiger partial charge in [-0.25, -0.2) is 8.42 Å². The van der Waals surface area contributed by atoms with Crippen LogP contribution in [0.3, 0.4) is 0 Å². The third-order valence-corrected chi connectivity index (χ3v) is 3.98. The average molecular weight is 267 g/mol. The van der Waals surface area contributed by atoms with Crippen molar-refractivity contribution in [2.75, 3.05) is 0 Å². The van der Waals surface area contributed by atoms with Crippen LogP contribution in [0.4, 0.5) is 13.2 Å². The molecule has 0 aromatic heterocycles. The zero-order valence-electron chi connectivity index (χ0n) is 7.79. The zero-order chi connectivity index (χ0) is 11.9. The molecule has 0 spiro atoms. The molecule has 0 bridgehead atoms. The van der Waals surface area contributed by atoms with Gasteiger partial charge in [0.15, 0.2) is 5.25 Å². The molecule has 1 aliphatic rings. The highest BCUT2D eigenvalue weighted by atomic mass is 35.7. The molecule has 0 amide bonds. The van der Waals surface area contributed by atoms with E-state index in [1.54, 1.807) is 6.92 Å². The van der Waals surface area contributed by atoms with Gasteiger partial charge in [-0.3, -0.25) is 0 Å². The van der Waals surface area contributed by atoms with Crippen LogP contribution in [0.5, 0.6) is 0 Å². The van der Waals surface area contributed by atoms with Gasteiger partial charge in [0.1, 0.15) is 0 Å². The number of alkyl halides is 3. The summed E-state index contributed by atoms with van der Waals surface area (Å²) in [7, 11) is 0.0766. The summed E-state index contributed by atoms with van der Waals surface area (Å²) in [6, 6.07) is 0. The largest absolute Gasteiger partial charge is 0.409 e. The highest BCUT2D eigenvalue weighted by molar-refractivity contribution is 8.14. The Morgan fingerprint density at radius 1 is 1.40 bits per heavy atom.